The van der Waals surface area contributed by atoms with Crippen LogP contribution in [-0.4, -0.2) is 18.9 Å². The molecule has 2 rings (SSSR count). The number of hydrogen-bond donors (Lipinski definition) is 1. The molecule has 1 N–H and O–H groups in total. The minimum absolute atomic E-state index is 0.00972. The summed E-state index contributed by atoms with van der Waals surface area (Å²) in [4.78, 5) is 11.4. The average Bonchev–Trinajstić information content (AvgIpc) is 2.38. The maximum atomic E-state index is 11.4. The van der Waals surface area contributed by atoms with E-state index in [0.717, 1.165) is 30.6 Å². The van der Waals surface area contributed by atoms with Crippen LogP contribution in [0.3, 0.4) is 0 Å². The number of rotatable bonds is 3. The molecule has 0 unspecified atom stereocenters. The number of benzene rings is 1. The Balaban J connectivity index is 2.25. The van der Waals surface area contributed by atoms with Crippen molar-refractivity contribution in [1.82, 2.24) is 5.32 Å². The average molecular weight is 254 g/mol. The van der Waals surface area contributed by atoms with Gasteiger partial charge in [-0.25, -0.2) is 0 Å². The molecule has 92 valence electrons. The summed E-state index contributed by atoms with van der Waals surface area (Å²) in [5.41, 5.74) is 2.45. The number of fused-ring (bicyclic) bond motifs is 1. The number of nitrogens with one attached hydrogen (secondary N) is 1. The monoisotopic (exact) mass is 253 g/mol. The predicted octanol–water partition coefficient (Wildman–Crippen LogP) is 2.43. The Hall–Kier alpha value is -1.22. The zero-order valence-electron chi connectivity index (χ0n) is 9.83. The van der Waals surface area contributed by atoms with Gasteiger partial charge in [-0.1, -0.05) is 6.07 Å². The Morgan fingerprint density at radius 2 is 2.41 bits per heavy atom. The van der Waals surface area contributed by atoms with E-state index in [2.05, 4.69) is 11.4 Å². The molecule has 1 aromatic carbocycles. The highest BCUT2D eigenvalue weighted by atomic mass is 35.5. The van der Waals surface area contributed by atoms with Gasteiger partial charge in [-0.2, -0.15) is 0 Å². The quantitative estimate of drug-likeness (QED) is 0.841. The summed E-state index contributed by atoms with van der Waals surface area (Å²) in [6.07, 6.45) is 3.11. The molecule has 3 nitrogen and oxygen atoms in total. The first kappa shape index (κ1) is 12.2. The summed E-state index contributed by atoms with van der Waals surface area (Å²) in [5.74, 6) is 0.721. The smallest absolute Gasteiger partial charge is 0.235 e. The summed E-state index contributed by atoms with van der Waals surface area (Å²) < 4.78 is 5.22. The number of methoxy groups -OCH3 is 1. The van der Waals surface area contributed by atoms with Gasteiger partial charge in [0.1, 0.15) is 11.6 Å². The number of hydrogen-bond acceptors (Lipinski definition) is 2. The summed E-state index contributed by atoms with van der Waals surface area (Å²) in [5, 5.41) is 2.95. The highest BCUT2D eigenvalue weighted by Gasteiger charge is 2.21. The number of ether oxygens (including phenoxy) is 1. The van der Waals surface area contributed by atoms with Crippen LogP contribution < -0.4 is 10.1 Å². The van der Waals surface area contributed by atoms with Crippen molar-refractivity contribution in [2.24, 2.45) is 0 Å². The maximum Gasteiger partial charge on any atom is 0.235 e. The lowest BCUT2D eigenvalue weighted by Gasteiger charge is -2.26. The van der Waals surface area contributed by atoms with Crippen molar-refractivity contribution in [3.8, 4) is 5.75 Å². The zero-order chi connectivity index (χ0) is 12.3. The van der Waals surface area contributed by atoms with Crippen molar-refractivity contribution < 1.29 is 9.53 Å². The highest BCUT2D eigenvalue weighted by molar-refractivity contribution is 6.27. The van der Waals surface area contributed by atoms with Gasteiger partial charge in [0.15, 0.2) is 0 Å². The van der Waals surface area contributed by atoms with Gasteiger partial charge >= 0.3 is 0 Å². The molecule has 0 aliphatic heterocycles. The Morgan fingerprint density at radius 3 is 3.12 bits per heavy atom. The Labute approximate surface area is 106 Å². The fourth-order valence-electron chi connectivity index (χ4n) is 2.29. The topological polar surface area (TPSA) is 38.3 Å². The van der Waals surface area contributed by atoms with Gasteiger partial charge in [0.05, 0.1) is 13.2 Å². The molecule has 0 spiro atoms. The maximum absolute atomic E-state index is 11.4. The van der Waals surface area contributed by atoms with Crippen molar-refractivity contribution >= 4 is 17.5 Å². The molecule has 1 aliphatic carbocycles. The van der Waals surface area contributed by atoms with Gasteiger partial charge in [-0.15, -0.1) is 11.6 Å². The standard InChI is InChI=1S/C13H16ClNO2/c1-17-10-6-5-9-3-2-4-12(11(9)7-10)15-13(16)8-14/h5-7,12H,2-4,8H2,1H3,(H,15,16)/t12-/m0/s1. The summed E-state index contributed by atoms with van der Waals surface area (Å²) in [7, 11) is 1.65. The van der Waals surface area contributed by atoms with Gasteiger partial charge in [-0.3, -0.25) is 4.79 Å². The molecule has 0 saturated heterocycles. The summed E-state index contributed by atoms with van der Waals surface area (Å²) >= 11 is 5.52. The largest absolute Gasteiger partial charge is 0.497 e. The lowest BCUT2D eigenvalue weighted by Crippen LogP contribution is -2.31. The van der Waals surface area contributed by atoms with Crippen LogP contribution in [0.5, 0.6) is 5.75 Å². The molecular weight excluding hydrogens is 238 g/mol. The van der Waals surface area contributed by atoms with Gasteiger partial charge in [0, 0.05) is 0 Å². The van der Waals surface area contributed by atoms with E-state index in [9.17, 15) is 4.79 Å². The summed E-state index contributed by atoms with van der Waals surface area (Å²) in [6.45, 7) is 0. The molecule has 1 amide bonds. The second-order valence-electron chi connectivity index (χ2n) is 4.21. The van der Waals surface area contributed by atoms with Crippen LogP contribution in [0, 0.1) is 0 Å². The van der Waals surface area contributed by atoms with Gasteiger partial charge in [0.2, 0.25) is 5.91 Å². The van der Waals surface area contributed by atoms with Crippen molar-refractivity contribution in [2.45, 2.75) is 25.3 Å². The third-order valence-corrected chi connectivity index (χ3v) is 3.37. The molecule has 17 heavy (non-hydrogen) atoms. The third-order valence-electron chi connectivity index (χ3n) is 3.12. The molecule has 0 radical (unpaired) electrons. The second-order valence-corrected chi connectivity index (χ2v) is 4.48. The molecular formula is C13H16ClNO2. The van der Waals surface area contributed by atoms with Gasteiger partial charge in [0.25, 0.3) is 0 Å². The Morgan fingerprint density at radius 1 is 1.59 bits per heavy atom. The molecule has 0 fully saturated rings. The first-order valence-corrected chi connectivity index (χ1v) is 6.30. The van der Waals surface area contributed by atoms with Crippen LogP contribution in [0.4, 0.5) is 0 Å². The fourth-order valence-corrected chi connectivity index (χ4v) is 2.36. The second kappa shape index (κ2) is 5.41. The van der Waals surface area contributed by atoms with Crippen LogP contribution in [0.2, 0.25) is 0 Å². The number of carbonyl (C=O) groups is 1. The SMILES string of the molecule is COc1ccc2c(c1)[C@@H](NC(=O)CCl)CCC2. The van der Waals surface area contributed by atoms with E-state index in [1.54, 1.807) is 7.11 Å². The molecule has 0 bridgehead atoms. The van der Waals surface area contributed by atoms with Crippen LogP contribution in [0.1, 0.15) is 30.0 Å². The van der Waals surface area contributed by atoms with Crippen molar-refractivity contribution in [1.29, 1.82) is 0 Å². The normalized spacial score (nSPS) is 18.4. The van der Waals surface area contributed by atoms with Crippen LogP contribution in [0.25, 0.3) is 0 Å². The number of amides is 1. The first-order valence-electron chi connectivity index (χ1n) is 5.76. The van der Waals surface area contributed by atoms with Crippen molar-refractivity contribution in [2.75, 3.05) is 13.0 Å². The summed E-state index contributed by atoms with van der Waals surface area (Å²) in [6, 6.07) is 6.12. The first-order chi connectivity index (χ1) is 8.24. The molecule has 4 heteroatoms. The van der Waals surface area contributed by atoms with E-state index in [-0.39, 0.29) is 17.8 Å². The lowest BCUT2D eigenvalue weighted by molar-refractivity contribution is -0.119. The van der Waals surface area contributed by atoms with E-state index < -0.39 is 0 Å². The number of alkyl halides is 1. The van der Waals surface area contributed by atoms with E-state index in [4.69, 9.17) is 16.3 Å². The van der Waals surface area contributed by atoms with Gasteiger partial charge in [-0.05, 0) is 42.5 Å². The molecule has 0 heterocycles. The molecule has 0 saturated carbocycles. The third kappa shape index (κ3) is 2.72. The number of halogens is 1. The molecule has 1 atom stereocenters. The minimum Gasteiger partial charge on any atom is -0.497 e. The highest BCUT2D eigenvalue weighted by Crippen LogP contribution is 2.32. The van der Waals surface area contributed by atoms with E-state index >= 15 is 0 Å². The zero-order valence-corrected chi connectivity index (χ0v) is 10.6. The molecule has 0 aromatic heterocycles. The fraction of sp³-hybridized carbons (Fsp3) is 0.462. The minimum atomic E-state index is -0.118. The van der Waals surface area contributed by atoms with E-state index in [1.165, 1.54) is 5.56 Å². The molecule has 1 aliphatic rings. The Kier molecular flexibility index (Phi) is 3.89. The number of carbonyl (C=O) groups excluding carboxylic acids is 1. The van der Waals surface area contributed by atoms with Crippen LogP contribution in [-0.2, 0) is 11.2 Å². The predicted molar refractivity (Wildman–Crippen MR) is 67.5 cm³/mol. The van der Waals surface area contributed by atoms with E-state index in [0.29, 0.717) is 0 Å². The Bertz CT molecular complexity index is 420. The lowest BCUT2D eigenvalue weighted by atomic mass is 9.87. The van der Waals surface area contributed by atoms with Crippen LogP contribution in [0.15, 0.2) is 18.2 Å². The van der Waals surface area contributed by atoms with Crippen molar-refractivity contribution in [3.05, 3.63) is 29.3 Å². The van der Waals surface area contributed by atoms with Crippen LogP contribution >= 0.6 is 11.6 Å². The molecule has 1 aromatic rings. The number of aryl methyl sites for hydroxylation is 1. The van der Waals surface area contributed by atoms with E-state index in [1.807, 2.05) is 12.1 Å². The van der Waals surface area contributed by atoms with Gasteiger partial charge < -0.3 is 10.1 Å². The van der Waals surface area contributed by atoms with Crippen molar-refractivity contribution in [3.63, 3.8) is 0 Å².